The summed E-state index contributed by atoms with van der Waals surface area (Å²) in [5, 5.41) is 3.79. The molecule has 1 aliphatic carbocycles. The number of para-hydroxylation sites is 1. The Kier molecular flexibility index (Phi) is 6.40. The molecule has 2 heterocycles. The highest BCUT2D eigenvalue weighted by molar-refractivity contribution is 5.88. The first-order valence-corrected chi connectivity index (χ1v) is 12.5. The number of likely N-dealkylation sites (tertiary alicyclic amines) is 1. The summed E-state index contributed by atoms with van der Waals surface area (Å²) in [7, 11) is 0. The molecule has 3 aliphatic rings. The number of nitrogens with zero attached hydrogens (tertiary/aromatic N) is 1. The fraction of sp³-hybridized carbons (Fsp3) is 0.536. The van der Waals surface area contributed by atoms with E-state index in [1.54, 1.807) is 0 Å². The standard InChI is InChI=1S/C28H36N2O/c31-28(24-12-5-2-6-13-24)27(26-16-15-23-11-7-8-14-25(23)29-26)30-19-17-22(18-20-30)21-9-3-1-4-10-21/h1,3-4,7-11,14,22,24,26-27,29H,2,5-6,12-13,15-20H2. The molecular weight excluding hydrogens is 380 g/mol. The van der Waals surface area contributed by atoms with Crippen LogP contribution in [0.1, 0.15) is 68.4 Å². The quantitative estimate of drug-likeness (QED) is 0.667. The van der Waals surface area contributed by atoms with Gasteiger partial charge >= 0.3 is 0 Å². The maximum absolute atomic E-state index is 13.9. The largest absolute Gasteiger partial charge is 0.380 e. The SMILES string of the molecule is O=C(C1CCCCC1)C(C1CCc2ccccc2N1)N1CCC(c2ccccc2)CC1. The number of hydrogen-bond acceptors (Lipinski definition) is 3. The van der Waals surface area contributed by atoms with Gasteiger partial charge in [0.25, 0.3) is 0 Å². The maximum Gasteiger partial charge on any atom is 0.155 e. The molecule has 2 unspecified atom stereocenters. The number of benzene rings is 2. The van der Waals surface area contributed by atoms with Gasteiger partial charge in [-0.1, -0.05) is 67.8 Å². The molecule has 0 bridgehead atoms. The van der Waals surface area contributed by atoms with Crippen molar-refractivity contribution in [2.75, 3.05) is 18.4 Å². The van der Waals surface area contributed by atoms with Gasteiger partial charge in [0.2, 0.25) is 0 Å². The lowest BCUT2D eigenvalue weighted by Gasteiger charge is -2.43. The summed E-state index contributed by atoms with van der Waals surface area (Å²) in [6, 6.07) is 19.8. The second-order valence-corrected chi connectivity index (χ2v) is 9.85. The Hall–Kier alpha value is -2.13. The van der Waals surface area contributed by atoms with E-state index in [9.17, 15) is 4.79 Å². The predicted octanol–water partition coefficient (Wildman–Crippen LogP) is 5.81. The Morgan fingerprint density at radius 3 is 2.32 bits per heavy atom. The van der Waals surface area contributed by atoms with E-state index in [2.05, 4.69) is 64.8 Å². The van der Waals surface area contributed by atoms with Crippen LogP contribution in [0.3, 0.4) is 0 Å². The number of Topliss-reactive ketones (excluding diaryl/α,β-unsaturated/α-hetero) is 1. The van der Waals surface area contributed by atoms with E-state index < -0.39 is 0 Å². The van der Waals surface area contributed by atoms with Gasteiger partial charge in [0, 0.05) is 17.6 Å². The van der Waals surface area contributed by atoms with Crippen LogP contribution in [0.15, 0.2) is 54.6 Å². The number of aryl methyl sites for hydroxylation is 1. The van der Waals surface area contributed by atoms with Crippen molar-refractivity contribution >= 4 is 11.5 Å². The summed E-state index contributed by atoms with van der Waals surface area (Å²) in [5.74, 6) is 1.42. The molecule has 2 atom stereocenters. The topological polar surface area (TPSA) is 32.3 Å². The van der Waals surface area contributed by atoms with Crippen molar-refractivity contribution in [1.82, 2.24) is 4.90 Å². The van der Waals surface area contributed by atoms with Crippen LogP contribution in [0.25, 0.3) is 0 Å². The molecule has 2 aliphatic heterocycles. The molecular formula is C28H36N2O. The zero-order valence-electron chi connectivity index (χ0n) is 18.6. The number of nitrogens with one attached hydrogen (secondary N) is 1. The number of anilines is 1. The van der Waals surface area contributed by atoms with Crippen molar-refractivity contribution in [2.24, 2.45) is 5.92 Å². The molecule has 5 rings (SSSR count). The Labute approximate surface area is 187 Å². The van der Waals surface area contributed by atoms with E-state index in [0.29, 0.717) is 11.7 Å². The van der Waals surface area contributed by atoms with Crippen LogP contribution >= 0.6 is 0 Å². The Balaban J connectivity index is 1.34. The number of hydrogen-bond donors (Lipinski definition) is 1. The highest BCUT2D eigenvalue weighted by Gasteiger charge is 2.40. The van der Waals surface area contributed by atoms with Crippen LogP contribution in [-0.4, -0.2) is 35.9 Å². The van der Waals surface area contributed by atoms with E-state index in [1.165, 1.54) is 36.1 Å². The van der Waals surface area contributed by atoms with E-state index in [-0.39, 0.29) is 18.0 Å². The van der Waals surface area contributed by atoms with Crippen LogP contribution in [0.2, 0.25) is 0 Å². The fourth-order valence-electron chi connectivity index (χ4n) is 6.20. The van der Waals surface area contributed by atoms with Gasteiger partial charge in [-0.3, -0.25) is 9.69 Å². The summed E-state index contributed by atoms with van der Waals surface area (Å²) in [4.78, 5) is 16.4. The summed E-state index contributed by atoms with van der Waals surface area (Å²) >= 11 is 0. The third-order valence-corrected chi connectivity index (χ3v) is 7.96. The van der Waals surface area contributed by atoms with Gasteiger partial charge in [-0.25, -0.2) is 0 Å². The Morgan fingerprint density at radius 2 is 1.55 bits per heavy atom. The number of piperidine rings is 1. The molecule has 0 amide bonds. The lowest BCUT2D eigenvalue weighted by Crippen LogP contribution is -2.56. The molecule has 1 N–H and O–H groups in total. The van der Waals surface area contributed by atoms with Gasteiger partial charge in [-0.05, 0) is 74.7 Å². The van der Waals surface area contributed by atoms with E-state index in [1.807, 2.05) is 0 Å². The first kappa shape index (κ1) is 20.8. The minimum atomic E-state index is 0.0215. The van der Waals surface area contributed by atoms with Gasteiger partial charge in [-0.2, -0.15) is 0 Å². The number of ketones is 1. The van der Waals surface area contributed by atoms with Crippen molar-refractivity contribution in [3.8, 4) is 0 Å². The molecule has 31 heavy (non-hydrogen) atoms. The molecule has 2 fully saturated rings. The molecule has 0 spiro atoms. The van der Waals surface area contributed by atoms with E-state index in [0.717, 1.165) is 51.6 Å². The van der Waals surface area contributed by atoms with Gasteiger partial charge in [0.15, 0.2) is 5.78 Å². The monoisotopic (exact) mass is 416 g/mol. The van der Waals surface area contributed by atoms with Crippen molar-refractivity contribution in [1.29, 1.82) is 0 Å². The molecule has 1 saturated carbocycles. The van der Waals surface area contributed by atoms with Crippen LogP contribution in [0.5, 0.6) is 0 Å². The molecule has 1 saturated heterocycles. The lowest BCUT2D eigenvalue weighted by molar-refractivity contribution is -0.130. The van der Waals surface area contributed by atoms with Gasteiger partial charge < -0.3 is 5.32 Å². The fourth-order valence-corrected chi connectivity index (χ4v) is 6.20. The summed E-state index contributed by atoms with van der Waals surface area (Å²) in [5.41, 5.74) is 4.09. The number of carbonyl (C=O) groups is 1. The molecule has 164 valence electrons. The second-order valence-electron chi connectivity index (χ2n) is 9.85. The third-order valence-electron chi connectivity index (χ3n) is 7.96. The van der Waals surface area contributed by atoms with E-state index in [4.69, 9.17) is 0 Å². The average molecular weight is 417 g/mol. The summed E-state index contributed by atoms with van der Waals surface area (Å²) < 4.78 is 0. The summed E-state index contributed by atoms with van der Waals surface area (Å²) in [6.07, 6.45) is 10.4. The van der Waals surface area contributed by atoms with Crippen LogP contribution in [-0.2, 0) is 11.2 Å². The second kappa shape index (κ2) is 9.56. The highest BCUT2D eigenvalue weighted by Crippen LogP contribution is 2.35. The predicted molar refractivity (Wildman–Crippen MR) is 128 cm³/mol. The average Bonchev–Trinajstić information content (AvgIpc) is 2.85. The van der Waals surface area contributed by atoms with Crippen LogP contribution < -0.4 is 5.32 Å². The number of carbonyl (C=O) groups excluding carboxylic acids is 1. The van der Waals surface area contributed by atoms with Crippen molar-refractivity contribution in [3.05, 3.63) is 65.7 Å². The van der Waals surface area contributed by atoms with Crippen molar-refractivity contribution < 1.29 is 4.79 Å². The highest BCUT2D eigenvalue weighted by atomic mass is 16.1. The zero-order valence-corrected chi connectivity index (χ0v) is 18.6. The van der Waals surface area contributed by atoms with Gasteiger partial charge in [0.1, 0.15) is 0 Å². The lowest BCUT2D eigenvalue weighted by atomic mass is 9.79. The van der Waals surface area contributed by atoms with E-state index >= 15 is 0 Å². The van der Waals surface area contributed by atoms with Gasteiger partial charge in [-0.15, -0.1) is 0 Å². The molecule has 3 nitrogen and oxygen atoms in total. The number of rotatable bonds is 5. The van der Waals surface area contributed by atoms with Gasteiger partial charge in [0.05, 0.1) is 6.04 Å². The Morgan fingerprint density at radius 1 is 0.839 bits per heavy atom. The van der Waals surface area contributed by atoms with Crippen molar-refractivity contribution in [3.63, 3.8) is 0 Å². The number of fused-ring (bicyclic) bond motifs is 1. The maximum atomic E-state index is 13.9. The first-order chi connectivity index (χ1) is 15.3. The molecule has 2 aromatic carbocycles. The Bertz CT molecular complexity index is 866. The van der Waals surface area contributed by atoms with Crippen LogP contribution in [0.4, 0.5) is 5.69 Å². The minimum Gasteiger partial charge on any atom is -0.380 e. The molecule has 2 aromatic rings. The van der Waals surface area contributed by atoms with Crippen LogP contribution in [0, 0.1) is 5.92 Å². The third kappa shape index (κ3) is 4.57. The van der Waals surface area contributed by atoms with Crippen molar-refractivity contribution in [2.45, 2.75) is 75.8 Å². The molecule has 3 heteroatoms. The normalized spacial score (nSPS) is 24.2. The summed E-state index contributed by atoms with van der Waals surface area (Å²) in [6.45, 7) is 2.06. The molecule has 0 aromatic heterocycles. The minimum absolute atomic E-state index is 0.0215. The zero-order chi connectivity index (χ0) is 21.0. The molecule has 0 radical (unpaired) electrons. The smallest absolute Gasteiger partial charge is 0.155 e. The first-order valence-electron chi connectivity index (χ1n) is 12.5.